The van der Waals surface area contributed by atoms with Crippen LogP contribution in [0, 0.1) is 0 Å². The first-order chi connectivity index (χ1) is 8.08. The van der Waals surface area contributed by atoms with E-state index >= 15 is 0 Å². The highest BCUT2D eigenvalue weighted by Crippen LogP contribution is 2.14. The number of rotatable bonds is 3. The van der Waals surface area contributed by atoms with Crippen molar-refractivity contribution in [3.05, 3.63) is 24.0 Å². The summed E-state index contributed by atoms with van der Waals surface area (Å²) in [6.45, 7) is 0.645. The molecule has 0 spiro atoms. The van der Waals surface area contributed by atoms with Crippen molar-refractivity contribution in [1.29, 1.82) is 0 Å². The SMILES string of the molecule is NC1CCN(C(=O)c2cccn2CC(F)F)C1. The normalized spacial score (nSPS) is 20.2. The summed E-state index contributed by atoms with van der Waals surface area (Å²) < 4.78 is 25.9. The van der Waals surface area contributed by atoms with Crippen LogP contribution in [0.25, 0.3) is 0 Å². The van der Waals surface area contributed by atoms with E-state index < -0.39 is 13.0 Å². The molecule has 1 aliphatic rings. The van der Waals surface area contributed by atoms with Gasteiger partial charge < -0.3 is 15.2 Å². The van der Waals surface area contributed by atoms with Crippen LogP contribution in [-0.4, -0.2) is 40.9 Å². The molecule has 0 bridgehead atoms. The molecule has 1 aromatic rings. The van der Waals surface area contributed by atoms with E-state index in [-0.39, 0.29) is 11.9 Å². The first-order valence-electron chi connectivity index (χ1n) is 5.56. The van der Waals surface area contributed by atoms with E-state index in [1.165, 1.54) is 10.8 Å². The molecular formula is C11H15F2N3O. The molecule has 1 fully saturated rings. The molecular weight excluding hydrogens is 228 g/mol. The molecule has 1 atom stereocenters. The maximum absolute atomic E-state index is 12.3. The van der Waals surface area contributed by atoms with Crippen molar-refractivity contribution in [3.8, 4) is 0 Å². The fraction of sp³-hybridized carbons (Fsp3) is 0.545. The maximum Gasteiger partial charge on any atom is 0.270 e. The molecule has 17 heavy (non-hydrogen) atoms. The summed E-state index contributed by atoms with van der Waals surface area (Å²) in [5.41, 5.74) is 6.02. The quantitative estimate of drug-likeness (QED) is 0.858. The zero-order valence-corrected chi connectivity index (χ0v) is 9.35. The minimum atomic E-state index is -2.46. The van der Waals surface area contributed by atoms with E-state index in [1.54, 1.807) is 17.0 Å². The molecule has 1 unspecified atom stereocenters. The number of aromatic nitrogens is 1. The third-order valence-corrected chi connectivity index (χ3v) is 2.90. The van der Waals surface area contributed by atoms with Gasteiger partial charge in [-0.15, -0.1) is 0 Å². The first-order valence-corrected chi connectivity index (χ1v) is 5.56. The highest BCUT2D eigenvalue weighted by Gasteiger charge is 2.26. The van der Waals surface area contributed by atoms with E-state index in [0.29, 0.717) is 18.8 Å². The Morgan fingerprint density at radius 1 is 1.59 bits per heavy atom. The zero-order valence-electron chi connectivity index (χ0n) is 9.35. The number of carbonyl (C=O) groups is 1. The topological polar surface area (TPSA) is 51.3 Å². The number of amides is 1. The number of alkyl halides is 2. The molecule has 0 saturated carbocycles. The number of nitrogens with zero attached hydrogens (tertiary/aromatic N) is 2. The Morgan fingerprint density at radius 2 is 2.35 bits per heavy atom. The summed E-state index contributed by atoms with van der Waals surface area (Å²) in [4.78, 5) is 13.7. The number of halogens is 2. The molecule has 0 aromatic carbocycles. The minimum Gasteiger partial charge on any atom is -0.338 e. The fourth-order valence-corrected chi connectivity index (χ4v) is 2.05. The molecule has 2 heterocycles. The Kier molecular flexibility index (Phi) is 3.42. The number of hydrogen-bond donors (Lipinski definition) is 1. The van der Waals surface area contributed by atoms with Crippen LogP contribution >= 0.6 is 0 Å². The first kappa shape index (κ1) is 12.0. The van der Waals surface area contributed by atoms with Crippen LogP contribution < -0.4 is 5.73 Å². The second-order valence-electron chi connectivity index (χ2n) is 4.24. The number of carbonyl (C=O) groups excluding carboxylic acids is 1. The summed E-state index contributed by atoms with van der Waals surface area (Å²) in [6, 6.07) is 3.16. The van der Waals surface area contributed by atoms with Crippen LogP contribution in [0.15, 0.2) is 18.3 Å². The Labute approximate surface area is 98.0 Å². The average molecular weight is 243 g/mol. The second-order valence-corrected chi connectivity index (χ2v) is 4.24. The largest absolute Gasteiger partial charge is 0.338 e. The van der Waals surface area contributed by atoms with E-state index in [9.17, 15) is 13.6 Å². The minimum absolute atomic E-state index is 0.00235. The van der Waals surface area contributed by atoms with Crippen molar-refractivity contribution >= 4 is 5.91 Å². The molecule has 1 amide bonds. The summed E-state index contributed by atoms with van der Waals surface area (Å²) in [7, 11) is 0. The predicted octanol–water partition coefficient (Wildman–Crippen LogP) is 0.926. The summed E-state index contributed by atoms with van der Waals surface area (Å²) in [5.74, 6) is -0.219. The molecule has 1 aliphatic heterocycles. The fourth-order valence-electron chi connectivity index (χ4n) is 2.05. The van der Waals surface area contributed by atoms with Gasteiger partial charge in [0.05, 0.1) is 6.54 Å². The molecule has 0 radical (unpaired) electrons. The lowest BCUT2D eigenvalue weighted by atomic mass is 10.3. The summed E-state index contributed by atoms with van der Waals surface area (Å²) in [6.07, 6.45) is -0.203. The third kappa shape index (κ3) is 2.63. The van der Waals surface area contributed by atoms with Gasteiger partial charge in [0.2, 0.25) is 0 Å². The third-order valence-electron chi connectivity index (χ3n) is 2.90. The van der Waals surface area contributed by atoms with E-state index in [1.807, 2.05) is 0 Å². The molecule has 0 aliphatic carbocycles. The number of nitrogens with two attached hydrogens (primary N) is 1. The highest BCUT2D eigenvalue weighted by atomic mass is 19.3. The Bertz CT molecular complexity index is 405. The van der Waals surface area contributed by atoms with Gasteiger partial charge in [0.15, 0.2) is 0 Å². The second kappa shape index (κ2) is 4.83. The van der Waals surface area contributed by atoms with E-state index in [4.69, 9.17) is 5.73 Å². The van der Waals surface area contributed by atoms with Gasteiger partial charge in [-0.2, -0.15) is 0 Å². The lowest BCUT2D eigenvalue weighted by Gasteiger charge is -2.17. The van der Waals surface area contributed by atoms with Gasteiger partial charge in [-0.3, -0.25) is 4.79 Å². The summed E-state index contributed by atoms with van der Waals surface area (Å²) >= 11 is 0. The van der Waals surface area contributed by atoms with Gasteiger partial charge in [0, 0.05) is 25.3 Å². The Hall–Kier alpha value is -1.43. The molecule has 2 rings (SSSR count). The molecule has 1 saturated heterocycles. The van der Waals surface area contributed by atoms with Crippen LogP contribution in [0.5, 0.6) is 0 Å². The zero-order chi connectivity index (χ0) is 12.4. The van der Waals surface area contributed by atoms with Crippen LogP contribution in [0.2, 0.25) is 0 Å². The van der Waals surface area contributed by atoms with Crippen molar-refractivity contribution in [3.63, 3.8) is 0 Å². The standard InChI is InChI=1S/C11H15F2N3O/c12-10(13)7-15-4-1-2-9(15)11(17)16-5-3-8(14)6-16/h1-2,4,8,10H,3,5-7,14H2. The van der Waals surface area contributed by atoms with Crippen molar-refractivity contribution in [2.24, 2.45) is 5.73 Å². The number of likely N-dealkylation sites (tertiary alicyclic amines) is 1. The molecule has 94 valence electrons. The maximum atomic E-state index is 12.3. The van der Waals surface area contributed by atoms with Crippen LogP contribution in [-0.2, 0) is 6.54 Å². The van der Waals surface area contributed by atoms with Crippen LogP contribution in [0.1, 0.15) is 16.9 Å². The van der Waals surface area contributed by atoms with Gasteiger partial charge in [0.1, 0.15) is 5.69 Å². The number of hydrogen-bond acceptors (Lipinski definition) is 2. The average Bonchev–Trinajstić information content (AvgIpc) is 2.85. The van der Waals surface area contributed by atoms with Crippen molar-refractivity contribution in [2.45, 2.75) is 25.4 Å². The van der Waals surface area contributed by atoms with E-state index in [0.717, 1.165) is 6.42 Å². The monoisotopic (exact) mass is 243 g/mol. The van der Waals surface area contributed by atoms with Gasteiger partial charge in [-0.25, -0.2) is 8.78 Å². The van der Waals surface area contributed by atoms with Gasteiger partial charge in [0.25, 0.3) is 12.3 Å². The van der Waals surface area contributed by atoms with Crippen LogP contribution in [0.3, 0.4) is 0 Å². The summed E-state index contributed by atoms with van der Waals surface area (Å²) in [5, 5.41) is 0. The predicted molar refractivity (Wildman–Crippen MR) is 58.9 cm³/mol. The highest BCUT2D eigenvalue weighted by molar-refractivity contribution is 5.93. The van der Waals surface area contributed by atoms with E-state index in [2.05, 4.69) is 0 Å². The molecule has 1 aromatic heterocycles. The van der Waals surface area contributed by atoms with Crippen molar-refractivity contribution in [1.82, 2.24) is 9.47 Å². The molecule has 6 heteroatoms. The Morgan fingerprint density at radius 3 is 2.94 bits per heavy atom. The van der Waals surface area contributed by atoms with Gasteiger partial charge in [-0.05, 0) is 18.6 Å². The van der Waals surface area contributed by atoms with Crippen LogP contribution in [0.4, 0.5) is 8.78 Å². The van der Waals surface area contributed by atoms with Crippen molar-refractivity contribution in [2.75, 3.05) is 13.1 Å². The molecule has 2 N–H and O–H groups in total. The molecule has 4 nitrogen and oxygen atoms in total. The van der Waals surface area contributed by atoms with Gasteiger partial charge >= 0.3 is 0 Å². The Balaban J connectivity index is 2.11. The lowest BCUT2D eigenvalue weighted by Crippen LogP contribution is -2.33. The van der Waals surface area contributed by atoms with Gasteiger partial charge in [-0.1, -0.05) is 0 Å². The van der Waals surface area contributed by atoms with Crippen molar-refractivity contribution < 1.29 is 13.6 Å². The smallest absolute Gasteiger partial charge is 0.270 e. The lowest BCUT2D eigenvalue weighted by molar-refractivity contribution is 0.0769.